The van der Waals surface area contributed by atoms with Crippen molar-refractivity contribution in [3.05, 3.63) is 41.0 Å². The van der Waals surface area contributed by atoms with Gasteiger partial charge < -0.3 is 9.47 Å². The van der Waals surface area contributed by atoms with Crippen LogP contribution in [0.1, 0.15) is 88.5 Å². The van der Waals surface area contributed by atoms with Crippen molar-refractivity contribution in [2.24, 2.45) is 5.92 Å². The lowest BCUT2D eigenvalue weighted by Gasteiger charge is -2.28. The minimum Gasteiger partial charge on any atom is -0.347 e. The Kier molecular flexibility index (Phi) is 9.65. The SMILES string of the molecule is CCCCCCCC1COC(c2ccc(-c3ccc(CCCCC)nc3)s2)OC1. The molecule has 2 aromatic heterocycles. The standard InChI is InChI=1S/C25H37NO2S/c1-3-5-7-8-10-11-20-18-27-25(28-19-20)24-16-15-23(29-24)21-13-14-22(26-17-21)12-9-6-4-2/h13-17,20,25H,3-12,18-19H2,1-2H3. The Balaban J connectivity index is 1.44. The first-order chi connectivity index (χ1) is 14.3. The fourth-order valence-corrected chi connectivity index (χ4v) is 4.82. The molecule has 2 aromatic rings. The molecule has 1 fully saturated rings. The van der Waals surface area contributed by atoms with E-state index in [9.17, 15) is 0 Å². The third kappa shape index (κ3) is 7.20. The second kappa shape index (κ2) is 12.5. The molecule has 0 atom stereocenters. The van der Waals surface area contributed by atoms with Crippen LogP contribution >= 0.6 is 11.3 Å². The molecule has 1 aliphatic heterocycles. The minimum absolute atomic E-state index is 0.202. The number of nitrogens with zero attached hydrogens (tertiary/aromatic N) is 1. The molecule has 0 aromatic carbocycles. The van der Waals surface area contributed by atoms with Crippen LogP contribution < -0.4 is 0 Å². The van der Waals surface area contributed by atoms with Gasteiger partial charge in [-0.2, -0.15) is 0 Å². The van der Waals surface area contributed by atoms with E-state index in [-0.39, 0.29) is 6.29 Å². The van der Waals surface area contributed by atoms with Crippen molar-refractivity contribution < 1.29 is 9.47 Å². The minimum atomic E-state index is -0.202. The van der Waals surface area contributed by atoms with Gasteiger partial charge in [0.05, 0.1) is 18.1 Å². The van der Waals surface area contributed by atoms with Crippen LogP contribution in [0, 0.1) is 5.92 Å². The fraction of sp³-hybridized carbons (Fsp3) is 0.640. The van der Waals surface area contributed by atoms with Gasteiger partial charge in [-0.1, -0.05) is 64.9 Å². The van der Waals surface area contributed by atoms with Gasteiger partial charge in [0.25, 0.3) is 0 Å². The van der Waals surface area contributed by atoms with Gasteiger partial charge in [0.15, 0.2) is 6.29 Å². The second-order valence-electron chi connectivity index (χ2n) is 8.26. The summed E-state index contributed by atoms with van der Waals surface area (Å²) in [6, 6.07) is 8.68. The van der Waals surface area contributed by atoms with Gasteiger partial charge in [0.2, 0.25) is 0 Å². The predicted molar refractivity (Wildman–Crippen MR) is 122 cm³/mol. The zero-order valence-corrected chi connectivity index (χ0v) is 19.0. The average molecular weight is 416 g/mol. The van der Waals surface area contributed by atoms with Crippen LogP contribution in [0.3, 0.4) is 0 Å². The molecular weight excluding hydrogens is 378 g/mol. The zero-order chi connectivity index (χ0) is 20.3. The number of pyridine rings is 1. The van der Waals surface area contributed by atoms with E-state index in [0.29, 0.717) is 5.92 Å². The molecule has 0 N–H and O–H groups in total. The van der Waals surface area contributed by atoms with Crippen molar-refractivity contribution in [1.29, 1.82) is 0 Å². The lowest BCUT2D eigenvalue weighted by Crippen LogP contribution is -2.26. The first-order valence-electron chi connectivity index (χ1n) is 11.6. The molecule has 0 amide bonds. The molecule has 160 valence electrons. The summed E-state index contributed by atoms with van der Waals surface area (Å²) in [4.78, 5) is 7.04. The number of hydrogen-bond acceptors (Lipinski definition) is 4. The van der Waals surface area contributed by atoms with Crippen molar-refractivity contribution in [3.8, 4) is 10.4 Å². The predicted octanol–water partition coefficient (Wildman–Crippen LogP) is 7.56. The van der Waals surface area contributed by atoms with E-state index in [2.05, 4.69) is 43.1 Å². The average Bonchev–Trinajstić information content (AvgIpc) is 3.25. The molecule has 3 rings (SSSR count). The van der Waals surface area contributed by atoms with Gasteiger partial charge in [-0.25, -0.2) is 0 Å². The lowest BCUT2D eigenvalue weighted by atomic mass is 10.0. The van der Waals surface area contributed by atoms with E-state index in [1.54, 1.807) is 11.3 Å². The number of aryl methyl sites for hydroxylation is 1. The fourth-order valence-electron chi connectivity index (χ4n) is 3.82. The van der Waals surface area contributed by atoms with Crippen molar-refractivity contribution in [1.82, 2.24) is 4.98 Å². The molecule has 1 saturated heterocycles. The molecular formula is C25H37NO2S. The van der Waals surface area contributed by atoms with Gasteiger partial charge in [-0.15, -0.1) is 11.3 Å². The van der Waals surface area contributed by atoms with E-state index in [1.165, 1.54) is 73.9 Å². The second-order valence-corrected chi connectivity index (χ2v) is 9.38. The molecule has 1 aliphatic rings. The Hall–Kier alpha value is -1.23. The summed E-state index contributed by atoms with van der Waals surface area (Å²) in [5, 5.41) is 0. The van der Waals surface area contributed by atoms with Gasteiger partial charge in [0, 0.05) is 28.2 Å². The number of thiophene rings is 1. The van der Waals surface area contributed by atoms with E-state index in [1.807, 2.05) is 6.20 Å². The third-order valence-corrected chi connectivity index (χ3v) is 6.84. The monoisotopic (exact) mass is 415 g/mol. The van der Waals surface area contributed by atoms with Gasteiger partial charge in [0.1, 0.15) is 0 Å². The van der Waals surface area contributed by atoms with E-state index in [4.69, 9.17) is 9.47 Å². The molecule has 4 heteroatoms. The molecule has 29 heavy (non-hydrogen) atoms. The van der Waals surface area contributed by atoms with E-state index in [0.717, 1.165) is 24.5 Å². The molecule has 0 saturated carbocycles. The van der Waals surface area contributed by atoms with Crippen LogP contribution in [0.4, 0.5) is 0 Å². The summed E-state index contributed by atoms with van der Waals surface area (Å²) in [5.41, 5.74) is 2.37. The van der Waals surface area contributed by atoms with Gasteiger partial charge >= 0.3 is 0 Å². The smallest absolute Gasteiger partial charge is 0.193 e. The maximum atomic E-state index is 6.05. The molecule has 0 aliphatic carbocycles. The molecule has 0 unspecified atom stereocenters. The highest BCUT2D eigenvalue weighted by Crippen LogP contribution is 2.35. The number of aromatic nitrogens is 1. The number of hydrogen-bond donors (Lipinski definition) is 0. The quantitative estimate of drug-likeness (QED) is 0.335. The molecule has 0 bridgehead atoms. The van der Waals surface area contributed by atoms with E-state index >= 15 is 0 Å². The summed E-state index contributed by atoms with van der Waals surface area (Å²) >= 11 is 1.76. The molecule has 3 heterocycles. The highest BCUT2D eigenvalue weighted by atomic mass is 32.1. The van der Waals surface area contributed by atoms with Crippen LogP contribution in [0.25, 0.3) is 10.4 Å². The topological polar surface area (TPSA) is 31.4 Å². The Bertz CT molecular complexity index is 689. The molecule has 3 nitrogen and oxygen atoms in total. The van der Waals surface area contributed by atoms with Crippen molar-refractivity contribution >= 4 is 11.3 Å². The summed E-state index contributed by atoms with van der Waals surface area (Å²) in [6.07, 6.45) is 14.5. The summed E-state index contributed by atoms with van der Waals surface area (Å²) in [5.74, 6) is 0.553. The van der Waals surface area contributed by atoms with E-state index < -0.39 is 0 Å². The highest BCUT2D eigenvalue weighted by Gasteiger charge is 2.24. The van der Waals surface area contributed by atoms with Crippen LogP contribution in [-0.2, 0) is 15.9 Å². The number of rotatable bonds is 12. The van der Waals surface area contributed by atoms with Gasteiger partial charge in [-0.05, 0) is 37.5 Å². The first kappa shape index (κ1) is 22.5. The normalized spacial score (nSPS) is 19.5. The van der Waals surface area contributed by atoms with Crippen molar-refractivity contribution in [2.45, 2.75) is 84.3 Å². The zero-order valence-electron chi connectivity index (χ0n) is 18.2. The maximum Gasteiger partial charge on any atom is 0.193 e. The Morgan fingerprint density at radius 2 is 1.66 bits per heavy atom. The highest BCUT2D eigenvalue weighted by molar-refractivity contribution is 7.15. The van der Waals surface area contributed by atoms with Crippen LogP contribution in [0.15, 0.2) is 30.5 Å². The van der Waals surface area contributed by atoms with Crippen LogP contribution in [0.5, 0.6) is 0 Å². The Labute approximate surface area is 180 Å². The Morgan fingerprint density at radius 1 is 0.897 bits per heavy atom. The van der Waals surface area contributed by atoms with Crippen molar-refractivity contribution in [3.63, 3.8) is 0 Å². The Morgan fingerprint density at radius 3 is 2.38 bits per heavy atom. The summed E-state index contributed by atoms with van der Waals surface area (Å²) < 4.78 is 12.1. The lowest BCUT2D eigenvalue weighted by molar-refractivity contribution is -0.204. The number of ether oxygens (including phenoxy) is 2. The molecule has 0 radical (unpaired) electrons. The van der Waals surface area contributed by atoms with Gasteiger partial charge in [-0.3, -0.25) is 4.98 Å². The van der Waals surface area contributed by atoms with Crippen LogP contribution in [-0.4, -0.2) is 18.2 Å². The largest absolute Gasteiger partial charge is 0.347 e. The van der Waals surface area contributed by atoms with Crippen molar-refractivity contribution in [2.75, 3.05) is 13.2 Å². The van der Waals surface area contributed by atoms with Crippen LogP contribution in [0.2, 0.25) is 0 Å². The first-order valence-corrected chi connectivity index (χ1v) is 12.4. The molecule has 0 spiro atoms. The maximum absolute atomic E-state index is 6.05. The number of unbranched alkanes of at least 4 members (excludes halogenated alkanes) is 6. The third-order valence-electron chi connectivity index (χ3n) is 5.69. The summed E-state index contributed by atoms with van der Waals surface area (Å²) in [7, 11) is 0. The summed E-state index contributed by atoms with van der Waals surface area (Å²) in [6.45, 7) is 6.14.